The number of aryl methyl sites for hydroxylation is 2. The maximum absolute atomic E-state index is 13.8. The monoisotopic (exact) mass is 507 g/mol. The molecule has 0 saturated carbocycles. The lowest BCUT2D eigenvalue weighted by atomic mass is 9.92. The standard InChI is InChI=1S/C27H27F2N5O2.CH4/c1-17-6-10-33-34(17)11-8-22(35)15-21(12-18-3-5-24(28)25(29)14-18)27(36)32-16-19-2-4-23-20(13-19)7-9-31-26(23)30;/h2-7,9-10,13-14,21H,8,11-12,15-16H2,1H3,(H2,30,31)(H,32,36);1H4/t21-;/m1./s1. The van der Waals surface area contributed by atoms with Crippen molar-refractivity contribution in [2.75, 3.05) is 5.73 Å². The molecular weight excluding hydrogens is 476 g/mol. The van der Waals surface area contributed by atoms with E-state index in [9.17, 15) is 18.4 Å². The van der Waals surface area contributed by atoms with E-state index in [1.165, 1.54) is 6.07 Å². The molecule has 4 aromatic rings. The molecular formula is C28H31F2N5O2. The van der Waals surface area contributed by atoms with Crippen LogP contribution in [0.3, 0.4) is 0 Å². The van der Waals surface area contributed by atoms with Crippen LogP contribution >= 0.6 is 0 Å². The zero-order chi connectivity index (χ0) is 25.7. The maximum atomic E-state index is 13.8. The Bertz CT molecular complexity index is 1400. The number of rotatable bonds is 10. The summed E-state index contributed by atoms with van der Waals surface area (Å²) in [6.45, 7) is 2.55. The van der Waals surface area contributed by atoms with Crippen molar-refractivity contribution in [1.29, 1.82) is 0 Å². The summed E-state index contributed by atoms with van der Waals surface area (Å²) in [4.78, 5) is 30.0. The molecule has 0 spiro atoms. The number of fused-ring (bicyclic) bond motifs is 1. The van der Waals surface area contributed by atoms with E-state index in [4.69, 9.17) is 5.73 Å². The van der Waals surface area contributed by atoms with Crippen LogP contribution in [-0.4, -0.2) is 26.5 Å². The minimum atomic E-state index is -0.989. The van der Waals surface area contributed by atoms with Crippen molar-refractivity contribution in [2.45, 2.75) is 46.7 Å². The molecule has 2 aromatic heterocycles. The highest BCUT2D eigenvalue weighted by atomic mass is 19.2. The van der Waals surface area contributed by atoms with Crippen LogP contribution in [0.5, 0.6) is 0 Å². The van der Waals surface area contributed by atoms with E-state index in [-0.39, 0.29) is 44.9 Å². The molecule has 7 nitrogen and oxygen atoms in total. The van der Waals surface area contributed by atoms with Crippen molar-refractivity contribution in [1.82, 2.24) is 20.1 Å². The average Bonchev–Trinajstić information content (AvgIpc) is 3.27. The number of hydrogen-bond donors (Lipinski definition) is 2. The first-order valence-electron chi connectivity index (χ1n) is 11.6. The van der Waals surface area contributed by atoms with E-state index in [1.54, 1.807) is 17.1 Å². The Morgan fingerprint density at radius 3 is 2.54 bits per heavy atom. The zero-order valence-electron chi connectivity index (χ0n) is 19.9. The van der Waals surface area contributed by atoms with Gasteiger partial charge in [0.1, 0.15) is 11.6 Å². The number of aromatic nitrogens is 3. The van der Waals surface area contributed by atoms with Gasteiger partial charge in [-0.25, -0.2) is 13.8 Å². The Labute approximate surface area is 214 Å². The molecule has 0 aliphatic heterocycles. The summed E-state index contributed by atoms with van der Waals surface area (Å²) in [5.41, 5.74) is 8.14. The zero-order valence-corrected chi connectivity index (χ0v) is 19.9. The highest BCUT2D eigenvalue weighted by molar-refractivity contribution is 5.91. The molecule has 37 heavy (non-hydrogen) atoms. The fraction of sp³-hybridized carbons (Fsp3) is 0.286. The molecule has 0 aliphatic carbocycles. The third-order valence-corrected chi connectivity index (χ3v) is 6.17. The van der Waals surface area contributed by atoms with Gasteiger partial charge in [-0.1, -0.05) is 25.6 Å². The maximum Gasteiger partial charge on any atom is 0.224 e. The molecule has 0 saturated heterocycles. The van der Waals surface area contributed by atoms with Gasteiger partial charge in [0.2, 0.25) is 5.91 Å². The second-order valence-corrected chi connectivity index (χ2v) is 8.81. The van der Waals surface area contributed by atoms with E-state index in [0.717, 1.165) is 34.2 Å². The van der Waals surface area contributed by atoms with E-state index in [2.05, 4.69) is 15.4 Å². The fourth-order valence-corrected chi connectivity index (χ4v) is 4.14. The second kappa shape index (κ2) is 12.2. The molecule has 2 heterocycles. The largest absolute Gasteiger partial charge is 0.383 e. The normalized spacial score (nSPS) is 11.6. The number of halogens is 2. The SMILES string of the molecule is C.Cc1ccnn1CCC(=O)C[C@@H](Cc1ccc(F)c(F)c1)C(=O)NCc1ccc2c(N)nccc2c1. The van der Waals surface area contributed by atoms with Crippen molar-refractivity contribution < 1.29 is 18.4 Å². The minimum absolute atomic E-state index is 0. The summed E-state index contributed by atoms with van der Waals surface area (Å²) < 4.78 is 28.9. The summed E-state index contributed by atoms with van der Waals surface area (Å²) in [5, 5.41) is 8.78. The van der Waals surface area contributed by atoms with Gasteiger partial charge in [0.05, 0.1) is 0 Å². The van der Waals surface area contributed by atoms with Crippen LogP contribution in [-0.2, 0) is 29.1 Å². The number of nitrogens with two attached hydrogens (primary N) is 1. The van der Waals surface area contributed by atoms with Gasteiger partial charge in [-0.3, -0.25) is 14.3 Å². The summed E-state index contributed by atoms with van der Waals surface area (Å²) in [5.74, 6) is -2.70. The topological polar surface area (TPSA) is 103 Å². The third-order valence-electron chi connectivity index (χ3n) is 6.17. The Morgan fingerprint density at radius 2 is 1.81 bits per heavy atom. The molecule has 2 aromatic carbocycles. The number of Topliss-reactive ketones (excluding diaryl/α,β-unsaturated/α-hetero) is 1. The Kier molecular flexibility index (Phi) is 9.05. The summed E-state index contributed by atoms with van der Waals surface area (Å²) in [6.07, 6.45) is 3.58. The molecule has 9 heteroatoms. The van der Waals surface area contributed by atoms with Crippen molar-refractivity contribution >= 4 is 28.3 Å². The molecule has 0 aliphatic rings. The predicted molar refractivity (Wildman–Crippen MR) is 139 cm³/mol. The van der Waals surface area contributed by atoms with Crippen LogP contribution < -0.4 is 11.1 Å². The lowest BCUT2D eigenvalue weighted by Crippen LogP contribution is -2.33. The van der Waals surface area contributed by atoms with Crippen LogP contribution in [0.15, 0.2) is 60.9 Å². The first-order valence-corrected chi connectivity index (χ1v) is 11.6. The second-order valence-electron chi connectivity index (χ2n) is 8.81. The lowest BCUT2D eigenvalue weighted by Gasteiger charge is -2.17. The first-order chi connectivity index (χ1) is 17.3. The van der Waals surface area contributed by atoms with Crippen molar-refractivity contribution in [3.63, 3.8) is 0 Å². The van der Waals surface area contributed by atoms with Crippen LogP contribution in [0.25, 0.3) is 10.8 Å². The van der Waals surface area contributed by atoms with Gasteiger partial charge in [0.15, 0.2) is 11.6 Å². The third kappa shape index (κ3) is 6.97. The smallest absolute Gasteiger partial charge is 0.224 e. The van der Waals surface area contributed by atoms with Gasteiger partial charge in [-0.05, 0) is 60.2 Å². The molecule has 194 valence electrons. The van der Waals surface area contributed by atoms with Gasteiger partial charge in [0.25, 0.3) is 0 Å². The number of anilines is 1. The van der Waals surface area contributed by atoms with Crippen molar-refractivity contribution in [3.05, 3.63) is 89.4 Å². The first kappa shape index (κ1) is 27.4. The molecule has 1 atom stereocenters. The summed E-state index contributed by atoms with van der Waals surface area (Å²) >= 11 is 0. The van der Waals surface area contributed by atoms with Crippen LogP contribution in [0, 0.1) is 24.5 Å². The molecule has 0 unspecified atom stereocenters. The molecule has 3 N–H and O–H groups in total. The highest BCUT2D eigenvalue weighted by Gasteiger charge is 2.23. The number of pyridine rings is 1. The van der Waals surface area contributed by atoms with Crippen LogP contribution in [0.2, 0.25) is 0 Å². The Hall–Kier alpha value is -4.14. The van der Waals surface area contributed by atoms with E-state index in [1.807, 2.05) is 37.3 Å². The number of benzene rings is 2. The molecule has 0 bridgehead atoms. The van der Waals surface area contributed by atoms with E-state index >= 15 is 0 Å². The number of amides is 1. The number of ketones is 1. The van der Waals surface area contributed by atoms with Gasteiger partial charge in [-0.15, -0.1) is 0 Å². The van der Waals surface area contributed by atoms with Gasteiger partial charge >= 0.3 is 0 Å². The Morgan fingerprint density at radius 1 is 1.03 bits per heavy atom. The number of nitrogens with one attached hydrogen (secondary N) is 1. The van der Waals surface area contributed by atoms with E-state index < -0.39 is 17.6 Å². The number of carbonyl (C=O) groups excluding carboxylic acids is 2. The number of carbonyl (C=O) groups is 2. The average molecular weight is 508 g/mol. The molecule has 1 amide bonds. The van der Waals surface area contributed by atoms with Crippen LogP contribution in [0.1, 0.15) is 37.1 Å². The van der Waals surface area contributed by atoms with Gasteiger partial charge in [0, 0.05) is 55.3 Å². The van der Waals surface area contributed by atoms with Crippen molar-refractivity contribution in [2.24, 2.45) is 5.92 Å². The quantitative estimate of drug-likeness (QED) is 0.322. The van der Waals surface area contributed by atoms with Gasteiger partial charge in [-0.2, -0.15) is 5.10 Å². The highest BCUT2D eigenvalue weighted by Crippen LogP contribution is 2.21. The summed E-state index contributed by atoms with van der Waals surface area (Å²) in [7, 11) is 0. The molecule has 0 fully saturated rings. The van der Waals surface area contributed by atoms with Crippen LogP contribution in [0.4, 0.5) is 14.6 Å². The van der Waals surface area contributed by atoms with Gasteiger partial charge < -0.3 is 11.1 Å². The summed E-state index contributed by atoms with van der Waals surface area (Å²) in [6, 6.07) is 12.8. The van der Waals surface area contributed by atoms with Crippen molar-refractivity contribution in [3.8, 4) is 0 Å². The number of hydrogen-bond acceptors (Lipinski definition) is 5. The minimum Gasteiger partial charge on any atom is -0.383 e. The lowest BCUT2D eigenvalue weighted by molar-refractivity contribution is -0.129. The Balaban J connectivity index is 0.00000380. The number of nitrogens with zero attached hydrogens (tertiary/aromatic N) is 3. The molecule has 0 radical (unpaired) electrons. The fourth-order valence-electron chi connectivity index (χ4n) is 4.14. The predicted octanol–water partition coefficient (Wildman–Crippen LogP) is 4.76. The number of nitrogen functional groups attached to an aromatic ring is 1. The molecule has 4 rings (SSSR count). The van der Waals surface area contributed by atoms with E-state index in [0.29, 0.717) is 17.9 Å².